The highest BCUT2D eigenvalue weighted by Gasteiger charge is 2.53. The van der Waals surface area contributed by atoms with Gasteiger partial charge in [0.1, 0.15) is 0 Å². The predicted octanol–water partition coefficient (Wildman–Crippen LogP) is 4.13. The number of nitrogens with two attached hydrogens (primary N) is 1. The first-order valence-corrected chi connectivity index (χ1v) is 9.89. The van der Waals surface area contributed by atoms with Gasteiger partial charge in [-0.25, -0.2) is 0 Å². The van der Waals surface area contributed by atoms with Crippen molar-refractivity contribution in [2.75, 3.05) is 18.8 Å². The van der Waals surface area contributed by atoms with Gasteiger partial charge in [0.2, 0.25) is 0 Å². The van der Waals surface area contributed by atoms with Crippen LogP contribution in [0.25, 0.3) is 0 Å². The Morgan fingerprint density at radius 1 is 1.09 bits per heavy atom. The number of fused-ring (bicyclic) bond motifs is 1. The van der Waals surface area contributed by atoms with E-state index in [1.165, 1.54) is 70.9 Å². The van der Waals surface area contributed by atoms with E-state index in [0.717, 1.165) is 23.6 Å². The average molecular weight is 310 g/mol. The highest BCUT2D eigenvalue weighted by molar-refractivity contribution is 5.51. The Labute approximate surface area is 140 Å². The van der Waals surface area contributed by atoms with Crippen molar-refractivity contribution in [1.82, 2.24) is 4.90 Å². The van der Waals surface area contributed by atoms with Gasteiger partial charge in [-0.1, -0.05) is 25.3 Å². The van der Waals surface area contributed by atoms with Crippen molar-refractivity contribution in [2.24, 2.45) is 11.8 Å². The monoisotopic (exact) mass is 310 g/mol. The number of nitrogen functional groups attached to an aromatic ring is 1. The van der Waals surface area contributed by atoms with Gasteiger partial charge in [-0.15, -0.1) is 0 Å². The van der Waals surface area contributed by atoms with Crippen LogP contribution < -0.4 is 5.73 Å². The first-order valence-electron chi connectivity index (χ1n) is 9.89. The Kier molecular flexibility index (Phi) is 3.27. The SMILES string of the molecule is Nc1ccc2c(c1)[C@@]13CCCC[C@H]1[C@H](C2)N(CC1CCC1)CC3. The summed E-state index contributed by atoms with van der Waals surface area (Å²) in [6.45, 7) is 2.70. The quantitative estimate of drug-likeness (QED) is 0.832. The third kappa shape index (κ3) is 2.10. The van der Waals surface area contributed by atoms with Crippen LogP contribution in [0.2, 0.25) is 0 Å². The Morgan fingerprint density at radius 3 is 2.83 bits per heavy atom. The minimum atomic E-state index is 0.460. The molecule has 2 heteroatoms. The molecule has 3 aliphatic carbocycles. The molecule has 2 saturated carbocycles. The maximum atomic E-state index is 6.18. The molecule has 1 aromatic rings. The number of nitrogens with zero attached hydrogens (tertiary/aromatic N) is 1. The normalized spacial score (nSPS) is 36.9. The molecular formula is C21H30N2. The second kappa shape index (κ2) is 5.24. The molecule has 0 unspecified atom stereocenters. The van der Waals surface area contributed by atoms with Gasteiger partial charge in [0.15, 0.2) is 0 Å². The standard InChI is InChI=1S/C21H30N2/c22-17-8-7-16-12-20-18-6-1-2-9-21(18,19(16)13-17)10-11-23(20)14-15-4-3-5-15/h7-8,13,15,18,20H,1-6,9-12,14,22H2/t18-,20-,21+/m0/s1. The molecule has 3 atom stereocenters. The molecule has 23 heavy (non-hydrogen) atoms. The second-order valence-electron chi connectivity index (χ2n) is 8.74. The van der Waals surface area contributed by atoms with E-state index in [1.54, 1.807) is 11.1 Å². The second-order valence-corrected chi connectivity index (χ2v) is 8.74. The maximum absolute atomic E-state index is 6.18. The largest absolute Gasteiger partial charge is 0.399 e. The molecule has 5 rings (SSSR count). The molecule has 1 aromatic carbocycles. The molecule has 3 fully saturated rings. The first-order chi connectivity index (χ1) is 11.3. The molecule has 2 N–H and O–H groups in total. The van der Waals surface area contributed by atoms with E-state index in [2.05, 4.69) is 23.1 Å². The lowest BCUT2D eigenvalue weighted by Crippen LogP contribution is -2.61. The average Bonchev–Trinajstić information content (AvgIpc) is 2.53. The van der Waals surface area contributed by atoms with Gasteiger partial charge in [-0.3, -0.25) is 4.90 Å². The fourth-order valence-corrected chi connectivity index (χ4v) is 6.34. The first kappa shape index (κ1) is 14.3. The summed E-state index contributed by atoms with van der Waals surface area (Å²) in [6.07, 6.45) is 12.8. The highest BCUT2D eigenvalue weighted by atomic mass is 15.2. The Balaban J connectivity index is 1.54. The zero-order valence-electron chi connectivity index (χ0n) is 14.3. The van der Waals surface area contributed by atoms with Gasteiger partial charge >= 0.3 is 0 Å². The number of hydrogen-bond donors (Lipinski definition) is 1. The van der Waals surface area contributed by atoms with Crippen LogP contribution in [0.3, 0.4) is 0 Å². The van der Waals surface area contributed by atoms with E-state index in [9.17, 15) is 0 Å². The Hall–Kier alpha value is -1.02. The zero-order valence-corrected chi connectivity index (χ0v) is 14.3. The highest BCUT2D eigenvalue weighted by Crippen LogP contribution is 2.56. The van der Waals surface area contributed by atoms with Gasteiger partial charge in [0, 0.05) is 23.7 Å². The molecule has 2 bridgehead atoms. The van der Waals surface area contributed by atoms with Gasteiger partial charge in [-0.2, -0.15) is 0 Å². The number of rotatable bonds is 2. The summed E-state index contributed by atoms with van der Waals surface area (Å²) in [5.41, 5.74) is 10.9. The molecule has 1 saturated heterocycles. The minimum absolute atomic E-state index is 0.460. The fourth-order valence-electron chi connectivity index (χ4n) is 6.34. The molecule has 1 heterocycles. The van der Waals surface area contributed by atoms with Crippen molar-refractivity contribution in [3.8, 4) is 0 Å². The fraction of sp³-hybridized carbons (Fsp3) is 0.714. The molecule has 0 amide bonds. The van der Waals surface area contributed by atoms with Gasteiger partial charge in [0.25, 0.3) is 0 Å². The summed E-state index contributed by atoms with van der Waals surface area (Å²) in [6, 6.07) is 7.62. The van der Waals surface area contributed by atoms with Gasteiger partial charge in [-0.05, 0) is 80.2 Å². The summed E-state index contributed by atoms with van der Waals surface area (Å²) in [5, 5.41) is 0. The van der Waals surface area contributed by atoms with Crippen molar-refractivity contribution < 1.29 is 0 Å². The molecule has 4 aliphatic rings. The predicted molar refractivity (Wildman–Crippen MR) is 95.5 cm³/mol. The molecule has 0 radical (unpaired) electrons. The lowest BCUT2D eigenvalue weighted by Gasteiger charge is -2.59. The van der Waals surface area contributed by atoms with E-state index in [4.69, 9.17) is 5.73 Å². The van der Waals surface area contributed by atoms with E-state index < -0.39 is 0 Å². The summed E-state index contributed by atoms with van der Waals surface area (Å²) in [5.74, 6) is 1.89. The topological polar surface area (TPSA) is 29.3 Å². The van der Waals surface area contributed by atoms with Crippen LogP contribution in [-0.4, -0.2) is 24.0 Å². The lowest BCUT2D eigenvalue weighted by molar-refractivity contribution is -0.0239. The molecular weight excluding hydrogens is 280 g/mol. The van der Waals surface area contributed by atoms with Gasteiger partial charge < -0.3 is 5.73 Å². The van der Waals surface area contributed by atoms with E-state index >= 15 is 0 Å². The van der Waals surface area contributed by atoms with Crippen molar-refractivity contribution in [3.63, 3.8) is 0 Å². The Morgan fingerprint density at radius 2 is 2.00 bits per heavy atom. The number of piperidine rings is 1. The molecule has 2 nitrogen and oxygen atoms in total. The van der Waals surface area contributed by atoms with Crippen LogP contribution >= 0.6 is 0 Å². The third-order valence-corrected chi connectivity index (χ3v) is 7.69. The van der Waals surface area contributed by atoms with Crippen LogP contribution in [0, 0.1) is 11.8 Å². The van der Waals surface area contributed by atoms with Crippen molar-refractivity contribution >= 4 is 5.69 Å². The zero-order chi connectivity index (χ0) is 15.4. The summed E-state index contributed by atoms with van der Waals surface area (Å²) >= 11 is 0. The number of benzene rings is 1. The van der Waals surface area contributed by atoms with Crippen molar-refractivity contribution in [2.45, 2.75) is 69.2 Å². The van der Waals surface area contributed by atoms with Crippen LogP contribution in [0.4, 0.5) is 5.69 Å². The van der Waals surface area contributed by atoms with Crippen molar-refractivity contribution in [3.05, 3.63) is 29.3 Å². The number of likely N-dealkylation sites (tertiary alicyclic amines) is 1. The van der Waals surface area contributed by atoms with Crippen molar-refractivity contribution in [1.29, 1.82) is 0 Å². The smallest absolute Gasteiger partial charge is 0.0317 e. The van der Waals surface area contributed by atoms with E-state index in [0.29, 0.717) is 5.41 Å². The summed E-state index contributed by atoms with van der Waals surface area (Å²) < 4.78 is 0. The minimum Gasteiger partial charge on any atom is -0.399 e. The summed E-state index contributed by atoms with van der Waals surface area (Å²) in [7, 11) is 0. The maximum Gasteiger partial charge on any atom is 0.0317 e. The molecule has 0 spiro atoms. The van der Waals surface area contributed by atoms with Crippen LogP contribution in [0.15, 0.2) is 18.2 Å². The van der Waals surface area contributed by atoms with Crippen LogP contribution in [-0.2, 0) is 11.8 Å². The van der Waals surface area contributed by atoms with Crippen LogP contribution in [0.5, 0.6) is 0 Å². The van der Waals surface area contributed by atoms with Crippen LogP contribution in [0.1, 0.15) is 62.5 Å². The lowest BCUT2D eigenvalue weighted by atomic mass is 9.52. The van der Waals surface area contributed by atoms with E-state index in [1.807, 2.05) is 0 Å². The number of anilines is 1. The number of hydrogen-bond acceptors (Lipinski definition) is 2. The Bertz CT molecular complexity index is 606. The summed E-state index contributed by atoms with van der Waals surface area (Å²) in [4.78, 5) is 2.90. The molecule has 0 aromatic heterocycles. The molecule has 1 aliphatic heterocycles. The third-order valence-electron chi connectivity index (χ3n) is 7.69. The van der Waals surface area contributed by atoms with Gasteiger partial charge in [0.05, 0.1) is 0 Å². The van der Waals surface area contributed by atoms with E-state index in [-0.39, 0.29) is 0 Å². The molecule has 124 valence electrons.